The van der Waals surface area contributed by atoms with Crippen LogP contribution < -0.4 is 5.32 Å². The molecule has 118 valence electrons. The zero-order valence-electron chi connectivity index (χ0n) is 13.1. The van der Waals surface area contributed by atoms with Crippen LogP contribution in [0.1, 0.15) is 44.5 Å². The molecule has 0 fully saturated rings. The van der Waals surface area contributed by atoms with Crippen molar-refractivity contribution in [2.24, 2.45) is 5.92 Å². The molecule has 5 heteroatoms. The van der Waals surface area contributed by atoms with Gasteiger partial charge >= 0.3 is 0 Å². The quantitative estimate of drug-likeness (QED) is 0.812. The molecule has 0 bridgehead atoms. The van der Waals surface area contributed by atoms with Crippen molar-refractivity contribution in [3.63, 3.8) is 0 Å². The van der Waals surface area contributed by atoms with Gasteiger partial charge in [0.05, 0.1) is 16.9 Å². The van der Waals surface area contributed by atoms with Crippen molar-refractivity contribution < 1.29 is 14.1 Å². The summed E-state index contributed by atoms with van der Waals surface area (Å²) in [5, 5.41) is 12.2. The Hall–Kier alpha value is -1.20. The molecule has 0 aliphatic rings. The number of carbonyl (C=O) groups excluding carboxylic acids is 1. The molecule has 3 unspecified atom stereocenters. The van der Waals surface area contributed by atoms with Crippen LogP contribution in [0.25, 0.3) is 0 Å². The second-order valence-corrected chi connectivity index (χ2v) is 7.78. The molecule has 1 aromatic rings. The van der Waals surface area contributed by atoms with Gasteiger partial charge in [-0.1, -0.05) is 20.8 Å². The molecule has 2 N–H and O–H groups in total. The zero-order chi connectivity index (χ0) is 16.0. The van der Waals surface area contributed by atoms with Crippen molar-refractivity contribution in [2.75, 3.05) is 6.54 Å². The molecule has 1 amide bonds. The molecular formula is C16H25NO3S. The highest BCUT2D eigenvalue weighted by molar-refractivity contribution is 7.85. The number of hydrogen-bond donors (Lipinski definition) is 2. The molecule has 0 saturated heterocycles. The van der Waals surface area contributed by atoms with E-state index in [0.717, 1.165) is 4.90 Å². The molecule has 0 spiro atoms. The lowest BCUT2D eigenvalue weighted by Crippen LogP contribution is -2.29. The summed E-state index contributed by atoms with van der Waals surface area (Å²) in [5.41, 5.74) is 0.559. The van der Waals surface area contributed by atoms with E-state index in [4.69, 9.17) is 0 Å². The van der Waals surface area contributed by atoms with E-state index in [9.17, 15) is 14.1 Å². The highest BCUT2D eigenvalue weighted by Crippen LogP contribution is 2.13. The van der Waals surface area contributed by atoms with Crippen molar-refractivity contribution in [3.05, 3.63) is 29.8 Å². The fourth-order valence-corrected chi connectivity index (χ4v) is 3.00. The molecule has 1 aromatic carbocycles. The summed E-state index contributed by atoms with van der Waals surface area (Å²) in [6, 6.07) is 6.88. The van der Waals surface area contributed by atoms with Gasteiger partial charge in [-0.15, -0.1) is 0 Å². The third kappa shape index (κ3) is 5.98. The SMILES string of the molecule is CC(O)CC(C)CNC(=O)c1ccc(S(=O)C(C)C)cc1. The fourth-order valence-electron chi connectivity index (χ4n) is 2.05. The molecule has 0 heterocycles. The van der Waals surface area contributed by atoms with E-state index in [1.807, 2.05) is 20.8 Å². The Morgan fingerprint density at radius 2 is 1.76 bits per heavy atom. The molecule has 1 rings (SSSR count). The number of rotatable bonds is 7. The summed E-state index contributed by atoms with van der Waals surface area (Å²) in [7, 11) is -1.03. The maximum absolute atomic E-state index is 12.0. The summed E-state index contributed by atoms with van der Waals surface area (Å²) in [5.74, 6) is 0.0796. The van der Waals surface area contributed by atoms with Gasteiger partial charge in [0.25, 0.3) is 5.91 Å². The number of carbonyl (C=O) groups is 1. The molecule has 0 saturated carbocycles. The van der Waals surface area contributed by atoms with Crippen molar-refractivity contribution in [3.8, 4) is 0 Å². The van der Waals surface area contributed by atoms with Crippen LogP contribution in [-0.2, 0) is 10.8 Å². The number of benzene rings is 1. The van der Waals surface area contributed by atoms with E-state index in [1.165, 1.54) is 0 Å². The minimum Gasteiger partial charge on any atom is -0.393 e. The van der Waals surface area contributed by atoms with Crippen LogP contribution in [0.2, 0.25) is 0 Å². The van der Waals surface area contributed by atoms with Crippen LogP contribution in [0.4, 0.5) is 0 Å². The smallest absolute Gasteiger partial charge is 0.251 e. The van der Waals surface area contributed by atoms with Crippen LogP contribution in [0, 0.1) is 5.92 Å². The van der Waals surface area contributed by atoms with Crippen LogP contribution in [0.5, 0.6) is 0 Å². The van der Waals surface area contributed by atoms with Gasteiger partial charge < -0.3 is 10.4 Å². The first-order valence-electron chi connectivity index (χ1n) is 7.28. The summed E-state index contributed by atoms with van der Waals surface area (Å²) in [6.07, 6.45) is 0.300. The molecule has 0 radical (unpaired) electrons. The summed E-state index contributed by atoms with van der Waals surface area (Å²) >= 11 is 0. The Morgan fingerprint density at radius 3 is 2.24 bits per heavy atom. The van der Waals surface area contributed by atoms with Crippen molar-refractivity contribution in [2.45, 2.75) is 50.4 Å². The first-order valence-corrected chi connectivity index (χ1v) is 8.49. The van der Waals surface area contributed by atoms with Gasteiger partial charge in [0.15, 0.2) is 0 Å². The first kappa shape index (κ1) is 17.9. The Balaban J connectivity index is 2.57. The third-order valence-corrected chi connectivity index (χ3v) is 4.72. The minimum atomic E-state index is -1.03. The van der Waals surface area contributed by atoms with Crippen LogP contribution in [0.3, 0.4) is 0 Å². The second-order valence-electron chi connectivity index (χ2n) is 5.77. The standard InChI is InChI=1S/C16H25NO3S/c1-11(2)21(20)15-7-5-14(6-8-15)16(19)17-10-12(3)9-13(4)18/h5-8,11-13,18H,9-10H2,1-4H3,(H,17,19). The Labute approximate surface area is 129 Å². The molecule has 0 aliphatic heterocycles. The number of hydrogen-bond acceptors (Lipinski definition) is 3. The summed E-state index contributed by atoms with van der Waals surface area (Å²) in [4.78, 5) is 12.7. The van der Waals surface area contributed by atoms with Gasteiger partial charge in [0, 0.05) is 22.3 Å². The fraction of sp³-hybridized carbons (Fsp3) is 0.562. The van der Waals surface area contributed by atoms with E-state index >= 15 is 0 Å². The predicted octanol–water partition coefficient (Wildman–Crippen LogP) is 2.34. The normalized spacial score (nSPS) is 15.5. The lowest BCUT2D eigenvalue weighted by molar-refractivity contribution is 0.0939. The average molecular weight is 311 g/mol. The first-order chi connectivity index (χ1) is 9.81. The van der Waals surface area contributed by atoms with Gasteiger partial charge in [-0.25, -0.2) is 0 Å². The minimum absolute atomic E-state index is 0.0611. The van der Waals surface area contributed by atoms with Gasteiger partial charge in [0.1, 0.15) is 0 Å². The lowest BCUT2D eigenvalue weighted by Gasteiger charge is -2.14. The van der Waals surface area contributed by atoms with Gasteiger partial charge in [0.2, 0.25) is 0 Å². The highest BCUT2D eigenvalue weighted by atomic mass is 32.2. The Morgan fingerprint density at radius 1 is 1.19 bits per heavy atom. The molecule has 21 heavy (non-hydrogen) atoms. The monoisotopic (exact) mass is 311 g/mol. The van der Waals surface area contributed by atoms with Crippen molar-refractivity contribution in [1.29, 1.82) is 0 Å². The summed E-state index contributed by atoms with van der Waals surface area (Å²) < 4.78 is 11.9. The molecule has 0 aliphatic carbocycles. The van der Waals surface area contributed by atoms with E-state index in [0.29, 0.717) is 18.5 Å². The van der Waals surface area contributed by atoms with E-state index in [2.05, 4.69) is 5.32 Å². The lowest BCUT2D eigenvalue weighted by atomic mass is 10.0. The topological polar surface area (TPSA) is 66.4 Å². The number of amides is 1. The van der Waals surface area contributed by atoms with Crippen LogP contribution >= 0.6 is 0 Å². The molecule has 0 aromatic heterocycles. The number of nitrogens with one attached hydrogen (secondary N) is 1. The van der Waals surface area contributed by atoms with Gasteiger partial charge in [-0.3, -0.25) is 9.00 Å². The number of aliphatic hydroxyl groups excluding tert-OH is 1. The largest absolute Gasteiger partial charge is 0.393 e. The molecular weight excluding hydrogens is 286 g/mol. The molecule has 3 atom stereocenters. The molecule has 4 nitrogen and oxygen atoms in total. The van der Waals surface area contributed by atoms with Gasteiger partial charge in [-0.2, -0.15) is 0 Å². The maximum Gasteiger partial charge on any atom is 0.251 e. The van der Waals surface area contributed by atoms with Gasteiger partial charge in [-0.05, 0) is 43.5 Å². The maximum atomic E-state index is 12.0. The van der Waals surface area contributed by atoms with E-state index in [-0.39, 0.29) is 23.2 Å². The summed E-state index contributed by atoms with van der Waals surface area (Å²) in [6.45, 7) is 8.07. The Kier molecular flexibility index (Phi) is 7.05. The highest BCUT2D eigenvalue weighted by Gasteiger charge is 2.12. The van der Waals surface area contributed by atoms with Crippen molar-refractivity contribution in [1.82, 2.24) is 5.32 Å². The van der Waals surface area contributed by atoms with Crippen LogP contribution in [0.15, 0.2) is 29.2 Å². The van der Waals surface area contributed by atoms with E-state index in [1.54, 1.807) is 31.2 Å². The van der Waals surface area contributed by atoms with E-state index < -0.39 is 10.8 Å². The zero-order valence-corrected chi connectivity index (χ0v) is 13.9. The van der Waals surface area contributed by atoms with Crippen molar-refractivity contribution >= 4 is 16.7 Å². The Bertz CT molecular complexity index is 483. The predicted molar refractivity (Wildman–Crippen MR) is 85.8 cm³/mol. The second kappa shape index (κ2) is 8.29. The average Bonchev–Trinajstić information content (AvgIpc) is 2.43. The number of aliphatic hydroxyl groups is 1. The van der Waals surface area contributed by atoms with Crippen LogP contribution in [-0.4, -0.2) is 33.1 Å². The third-order valence-electron chi connectivity index (χ3n) is 3.13.